The normalized spacial score (nSPS) is 20.8. The summed E-state index contributed by atoms with van der Waals surface area (Å²) in [6.45, 7) is 0. The molecule has 4 nitrogen and oxygen atoms in total. The van der Waals surface area contributed by atoms with E-state index in [0.717, 1.165) is 23.2 Å². The molecule has 80 valence electrons. The van der Waals surface area contributed by atoms with E-state index < -0.39 is 0 Å². The zero-order valence-electron chi connectivity index (χ0n) is 8.84. The number of carbonyl (C=O) groups is 1. The molecule has 0 aromatic carbocycles. The fourth-order valence-electron chi connectivity index (χ4n) is 2.11. The van der Waals surface area contributed by atoms with Gasteiger partial charge in [-0.1, -0.05) is 12.2 Å². The number of fused-ring (bicyclic) bond motifs is 3. The highest BCUT2D eigenvalue weighted by molar-refractivity contribution is 5.84. The Morgan fingerprint density at radius 1 is 1.56 bits per heavy atom. The first kappa shape index (κ1) is 9.15. The Balaban J connectivity index is 2.23. The van der Waals surface area contributed by atoms with E-state index in [-0.39, 0.29) is 6.04 Å². The molecular weight excluding hydrogens is 202 g/mol. The molecule has 1 aliphatic heterocycles. The highest BCUT2D eigenvalue weighted by Gasteiger charge is 2.25. The average Bonchev–Trinajstić information content (AvgIpc) is 2.67. The maximum absolute atomic E-state index is 10.8. The van der Waals surface area contributed by atoms with Crippen molar-refractivity contribution < 1.29 is 4.79 Å². The Morgan fingerprint density at radius 2 is 2.44 bits per heavy atom. The van der Waals surface area contributed by atoms with Gasteiger partial charge >= 0.3 is 0 Å². The summed E-state index contributed by atoms with van der Waals surface area (Å²) in [6.07, 6.45) is 10.8. The lowest BCUT2D eigenvalue weighted by Gasteiger charge is -2.22. The quantitative estimate of drug-likeness (QED) is 0.711. The van der Waals surface area contributed by atoms with Gasteiger partial charge in [0.25, 0.3) is 0 Å². The zero-order chi connectivity index (χ0) is 11.1. The largest absolute Gasteiger partial charge is 0.381 e. The molecule has 1 N–H and O–H groups in total. The third-order valence-electron chi connectivity index (χ3n) is 2.98. The smallest absolute Gasteiger partial charge is 0.185 e. The molecule has 1 aliphatic carbocycles. The van der Waals surface area contributed by atoms with Crippen LogP contribution in [-0.2, 0) is 7.05 Å². The van der Waals surface area contributed by atoms with Gasteiger partial charge in [-0.15, -0.1) is 0 Å². The van der Waals surface area contributed by atoms with Gasteiger partial charge < -0.3 is 9.88 Å². The van der Waals surface area contributed by atoms with E-state index in [1.807, 2.05) is 36.0 Å². The third-order valence-corrected chi connectivity index (χ3v) is 2.98. The fraction of sp³-hybridized carbons (Fsp3) is 0.167. The molecule has 1 unspecified atom stereocenters. The molecule has 3 rings (SSSR count). The van der Waals surface area contributed by atoms with Crippen LogP contribution in [0.4, 0.5) is 0 Å². The number of nitrogens with one attached hydrogen (secondary N) is 1. The lowest BCUT2D eigenvalue weighted by Crippen LogP contribution is -2.27. The number of aldehydes is 1. The molecule has 0 amide bonds. The number of allylic oxidation sites excluding steroid dienone is 2. The van der Waals surface area contributed by atoms with Crippen molar-refractivity contribution >= 4 is 17.9 Å². The Kier molecular flexibility index (Phi) is 1.83. The van der Waals surface area contributed by atoms with Gasteiger partial charge in [-0.25, -0.2) is 4.98 Å². The molecule has 0 spiro atoms. The number of dihydropyridines is 1. The first-order valence-electron chi connectivity index (χ1n) is 5.14. The van der Waals surface area contributed by atoms with Crippen LogP contribution in [-0.4, -0.2) is 21.9 Å². The van der Waals surface area contributed by atoms with Crippen LogP contribution in [0.15, 0.2) is 24.4 Å². The van der Waals surface area contributed by atoms with Gasteiger partial charge in [0.2, 0.25) is 0 Å². The highest BCUT2D eigenvalue weighted by atomic mass is 16.1. The van der Waals surface area contributed by atoms with Crippen LogP contribution in [0.5, 0.6) is 0 Å². The molecule has 1 atom stereocenters. The maximum Gasteiger partial charge on any atom is 0.185 e. The molecule has 2 aliphatic rings. The summed E-state index contributed by atoms with van der Waals surface area (Å²) < 4.78 is 1.81. The van der Waals surface area contributed by atoms with E-state index in [1.54, 1.807) is 0 Å². The summed E-state index contributed by atoms with van der Waals surface area (Å²) in [4.78, 5) is 15.2. The molecule has 0 saturated heterocycles. The predicted molar refractivity (Wildman–Crippen MR) is 61.7 cm³/mol. The van der Waals surface area contributed by atoms with E-state index in [4.69, 9.17) is 0 Å². The van der Waals surface area contributed by atoms with Gasteiger partial charge in [0, 0.05) is 12.6 Å². The van der Waals surface area contributed by atoms with Crippen LogP contribution < -0.4 is 5.32 Å². The Hall–Kier alpha value is -2.10. The minimum absolute atomic E-state index is 0.173. The summed E-state index contributed by atoms with van der Waals surface area (Å²) in [5.74, 6) is 0.464. The third kappa shape index (κ3) is 1.10. The van der Waals surface area contributed by atoms with Crippen LogP contribution in [0.1, 0.15) is 22.0 Å². The molecule has 0 fully saturated rings. The average molecular weight is 213 g/mol. The van der Waals surface area contributed by atoms with E-state index in [0.29, 0.717) is 5.82 Å². The van der Waals surface area contributed by atoms with E-state index in [9.17, 15) is 4.79 Å². The van der Waals surface area contributed by atoms with E-state index >= 15 is 0 Å². The summed E-state index contributed by atoms with van der Waals surface area (Å²) >= 11 is 0. The second kappa shape index (κ2) is 3.20. The highest BCUT2D eigenvalue weighted by Crippen LogP contribution is 2.29. The number of nitrogens with zero attached hydrogens (tertiary/aromatic N) is 2. The zero-order valence-corrected chi connectivity index (χ0v) is 8.84. The molecule has 4 heteroatoms. The maximum atomic E-state index is 10.8. The summed E-state index contributed by atoms with van der Waals surface area (Å²) in [6, 6.07) is 0.173. The number of hydrogen-bond acceptors (Lipinski definition) is 3. The van der Waals surface area contributed by atoms with Crippen molar-refractivity contribution in [1.82, 2.24) is 14.9 Å². The van der Waals surface area contributed by atoms with Gasteiger partial charge in [-0.2, -0.15) is 0 Å². The monoisotopic (exact) mass is 213 g/mol. The number of hydrogen-bond donors (Lipinski definition) is 1. The van der Waals surface area contributed by atoms with Gasteiger partial charge in [0.05, 0.1) is 17.4 Å². The summed E-state index contributed by atoms with van der Waals surface area (Å²) in [7, 11) is 1.85. The number of rotatable bonds is 1. The number of carbonyl (C=O) groups excluding carboxylic acids is 1. The van der Waals surface area contributed by atoms with Crippen LogP contribution in [0.3, 0.4) is 0 Å². The molecule has 0 radical (unpaired) electrons. The molecular formula is C12H11N3O. The first-order valence-corrected chi connectivity index (χ1v) is 5.14. The Morgan fingerprint density at radius 3 is 3.25 bits per heavy atom. The van der Waals surface area contributed by atoms with E-state index in [1.165, 1.54) is 0 Å². The van der Waals surface area contributed by atoms with Gasteiger partial charge in [-0.05, 0) is 18.4 Å². The van der Waals surface area contributed by atoms with Crippen LogP contribution in [0.25, 0.3) is 11.6 Å². The molecule has 0 bridgehead atoms. The summed E-state index contributed by atoms with van der Waals surface area (Å²) in [5, 5.41) is 3.24. The first-order chi connectivity index (χ1) is 7.81. The van der Waals surface area contributed by atoms with Gasteiger partial charge in [0.15, 0.2) is 12.1 Å². The Bertz CT molecular complexity index is 549. The molecule has 16 heavy (non-hydrogen) atoms. The fourth-order valence-corrected chi connectivity index (χ4v) is 2.11. The van der Waals surface area contributed by atoms with Crippen LogP contribution >= 0.6 is 0 Å². The lowest BCUT2D eigenvalue weighted by molar-refractivity contribution is 0.111. The minimum atomic E-state index is 0.173. The van der Waals surface area contributed by atoms with Crippen molar-refractivity contribution in [3.05, 3.63) is 41.6 Å². The molecule has 0 saturated carbocycles. The van der Waals surface area contributed by atoms with Crippen molar-refractivity contribution in [3.8, 4) is 0 Å². The number of aromatic nitrogens is 2. The molecule has 1 aromatic rings. The van der Waals surface area contributed by atoms with E-state index in [2.05, 4.69) is 16.4 Å². The van der Waals surface area contributed by atoms with Crippen LogP contribution in [0, 0.1) is 0 Å². The van der Waals surface area contributed by atoms with Gasteiger partial charge in [-0.3, -0.25) is 4.79 Å². The minimum Gasteiger partial charge on any atom is -0.381 e. The predicted octanol–water partition coefficient (Wildman–Crippen LogP) is 1.13. The van der Waals surface area contributed by atoms with Crippen molar-refractivity contribution in [2.45, 2.75) is 6.04 Å². The van der Waals surface area contributed by atoms with Crippen molar-refractivity contribution in [2.75, 3.05) is 0 Å². The second-order valence-electron chi connectivity index (χ2n) is 3.87. The summed E-state index contributed by atoms with van der Waals surface area (Å²) in [5.41, 5.74) is 3.00. The molecule has 2 heterocycles. The van der Waals surface area contributed by atoms with Crippen LogP contribution in [0.2, 0.25) is 0 Å². The topological polar surface area (TPSA) is 46.9 Å². The standard InChI is InChI=1S/C12H11N3O/c1-15-10-5-4-9-8(3-2-6-13-9)12(10)14-11(15)7-16/h2-7,9,13H,1H3. The number of imidazole rings is 1. The van der Waals surface area contributed by atoms with Crippen molar-refractivity contribution in [3.63, 3.8) is 0 Å². The van der Waals surface area contributed by atoms with Gasteiger partial charge in [0.1, 0.15) is 0 Å². The lowest BCUT2D eigenvalue weighted by atomic mass is 9.95. The SMILES string of the molecule is Cn1c(C=O)nc2c1C=CC1NC=CC=C21. The van der Waals surface area contributed by atoms with Crippen molar-refractivity contribution in [1.29, 1.82) is 0 Å². The molecule has 1 aromatic heterocycles. The van der Waals surface area contributed by atoms with Crippen molar-refractivity contribution in [2.24, 2.45) is 7.05 Å². The second-order valence-corrected chi connectivity index (χ2v) is 3.87. The Labute approximate surface area is 93.0 Å².